The number of β-amino-alcohol motifs (C(OH)–C–C–N with tert-alkyl or cyclic N) is 1. The molecule has 1 heterocycles. The molecule has 1 aliphatic heterocycles. The van der Waals surface area contributed by atoms with E-state index in [2.05, 4.69) is 0 Å². The van der Waals surface area contributed by atoms with E-state index in [0.29, 0.717) is 18.7 Å². The van der Waals surface area contributed by atoms with E-state index in [1.165, 1.54) is 4.90 Å². The molecule has 7 heteroatoms. The number of amides is 1. The Morgan fingerprint density at radius 1 is 1.14 bits per heavy atom. The summed E-state index contributed by atoms with van der Waals surface area (Å²) in [6.07, 6.45) is -0.775. The molecule has 3 N–H and O–H groups in total. The zero-order chi connectivity index (χ0) is 16.1. The molecule has 22 heavy (non-hydrogen) atoms. The van der Waals surface area contributed by atoms with E-state index in [1.807, 2.05) is 0 Å². The van der Waals surface area contributed by atoms with Gasteiger partial charge in [-0.15, -0.1) is 0 Å². The number of carbonyl (C=O) groups excluding carboxylic acids is 1. The second-order valence-electron chi connectivity index (χ2n) is 5.39. The smallest absolute Gasteiger partial charge is 0.317 e. The number of nitrogens with zero attached hydrogens (tertiary/aromatic N) is 2. The first-order valence-corrected chi connectivity index (χ1v) is 7.11. The monoisotopic (exact) mass is 308 g/mol. The number of aliphatic carboxylic acids is 1. The number of aliphatic hydroxyl groups is 2. The Morgan fingerprint density at radius 3 is 2.41 bits per heavy atom. The van der Waals surface area contributed by atoms with Crippen molar-refractivity contribution in [1.82, 2.24) is 9.80 Å². The highest BCUT2D eigenvalue weighted by Gasteiger charge is 2.25. The fraction of sp³-hybridized carbons (Fsp3) is 0.467. The SMILES string of the molecule is O=C(O)CN1CCN(C(=O)c2ccc(CO)cc2)C[C@H](O)C1. The fourth-order valence-electron chi connectivity index (χ4n) is 2.51. The topological polar surface area (TPSA) is 101 Å². The number of benzene rings is 1. The Hall–Kier alpha value is -1.96. The predicted molar refractivity (Wildman–Crippen MR) is 78.4 cm³/mol. The van der Waals surface area contributed by atoms with E-state index >= 15 is 0 Å². The van der Waals surface area contributed by atoms with Crippen LogP contribution < -0.4 is 0 Å². The van der Waals surface area contributed by atoms with Crippen LogP contribution in [0.3, 0.4) is 0 Å². The summed E-state index contributed by atoms with van der Waals surface area (Å²) in [6, 6.07) is 6.64. The van der Waals surface area contributed by atoms with Crippen molar-refractivity contribution in [3.8, 4) is 0 Å². The molecular weight excluding hydrogens is 288 g/mol. The van der Waals surface area contributed by atoms with Gasteiger partial charge in [0.2, 0.25) is 0 Å². The Kier molecular flexibility index (Phi) is 5.48. The molecule has 0 spiro atoms. The number of hydrogen-bond donors (Lipinski definition) is 3. The van der Waals surface area contributed by atoms with Crippen molar-refractivity contribution in [3.05, 3.63) is 35.4 Å². The second kappa shape index (κ2) is 7.35. The van der Waals surface area contributed by atoms with Crippen molar-refractivity contribution in [2.45, 2.75) is 12.7 Å². The molecule has 0 aliphatic carbocycles. The van der Waals surface area contributed by atoms with Gasteiger partial charge in [0, 0.05) is 31.7 Å². The first-order valence-electron chi connectivity index (χ1n) is 7.11. The normalized spacial score (nSPS) is 19.7. The van der Waals surface area contributed by atoms with Crippen LogP contribution in [0.5, 0.6) is 0 Å². The van der Waals surface area contributed by atoms with Crippen molar-refractivity contribution < 1.29 is 24.9 Å². The van der Waals surface area contributed by atoms with E-state index in [1.54, 1.807) is 29.2 Å². The van der Waals surface area contributed by atoms with E-state index < -0.39 is 12.1 Å². The number of hydrogen-bond acceptors (Lipinski definition) is 5. The average molecular weight is 308 g/mol. The third-order valence-electron chi connectivity index (χ3n) is 3.62. The molecule has 0 saturated carbocycles. The van der Waals surface area contributed by atoms with Gasteiger partial charge < -0.3 is 20.2 Å². The molecule has 7 nitrogen and oxygen atoms in total. The maximum Gasteiger partial charge on any atom is 0.317 e. The summed E-state index contributed by atoms with van der Waals surface area (Å²) >= 11 is 0. The molecular formula is C15H20N2O5. The van der Waals surface area contributed by atoms with Crippen LogP contribution in [0.15, 0.2) is 24.3 Å². The quantitative estimate of drug-likeness (QED) is 0.685. The van der Waals surface area contributed by atoms with Gasteiger partial charge in [0.05, 0.1) is 19.3 Å². The van der Waals surface area contributed by atoms with Crippen molar-refractivity contribution in [2.75, 3.05) is 32.7 Å². The molecule has 1 aromatic rings. The van der Waals surface area contributed by atoms with Crippen LogP contribution in [0.25, 0.3) is 0 Å². The molecule has 0 bridgehead atoms. The summed E-state index contributed by atoms with van der Waals surface area (Å²) in [4.78, 5) is 26.4. The molecule has 1 aliphatic rings. The largest absolute Gasteiger partial charge is 0.480 e. The number of rotatable bonds is 4. The minimum absolute atomic E-state index is 0.0823. The van der Waals surface area contributed by atoms with Crippen LogP contribution in [-0.4, -0.2) is 75.8 Å². The number of carbonyl (C=O) groups is 2. The second-order valence-corrected chi connectivity index (χ2v) is 5.39. The number of carboxylic acids is 1. The highest BCUT2D eigenvalue weighted by atomic mass is 16.4. The third kappa shape index (κ3) is 4.27. The van der Waals surface area contributed by atoms with E-state index in [9.17, 15) is 14.7 Å². The van der Waals surface area contributed by atoms with Gasteiger partial charge in [-0.1, -0.05) is 12.1 Å². The van der Waals surface area contributed by atoms with Crippen molar-refractivity contribution >= 4 is 11.9 Å². The van der Waals surface area contributed by atoms with Crippen LogP contribution >= 0.6 is 0 Å². The fourth-order valence-corrected chi connectivity index (χ4v) is 2.51. The lowest BCUT2D eigenvalue weighted by atomic mass is 10.1. The summed E-state index contributed by atoms with van der Waals surface area (Å²) in [7, 11) is 0. The maximum atomic E-state index is 12.4. The predicted octanol–water partition coefficient (Wildman–Crippen LogP) is -0.618. The van der Waals surface area contributed by atoms with Gasteiger partial charge in [0.25, 0.3) is 5.91 Å². The highest BCUT2D eigenvalue weighted by molar-refractivity contribution is 5.94. The Balaban J connectivity index is 2.04. The first-order chi connectivity index (χ1) is 10.5. The molecule has 0 aromatic heterocycles. The molecule has 0 radical (unpaired) electrons. The zero-order valence-corrected chi connectivity index (χ0v) is 12.2. The minimum atomic E-state index is -0.952. The van der Waals surface area contributed by atoms with Gasteiger partial charge in [-0.2, -0.15) is 0 Å². The number of carboxylic acid groups (broad SMARTS) is 1. The van der Waals surface area contributed by atoms with Crippen molar-refractivity contribution in [1.29, 1.82) is 0 Å². The first kappa shape index (κ1) is 16.4. The minimum Gasteiger partial charge on any atom is -0.480 e. The van der Waals surface area contributed by atoms with E-state index in [4.69, 9.17) is 10.2 Å². The lowest BCUT2D eigenvalue weighted by molar-refractivity contribution is -0.138. The average Bonchev–Trinajstić information content (AvgIpc) is 2.67. The van der Waals surface area contributed by atoms with Crippen LogP contribution in [0, 0.1) is 0 Å². The van der Waals surface area contributed by atoms with Crippen molar-refractivity contribution in [2.24, 2.45) is 0 Å². The van der Waals surface area contributed by atoms with Crippen molar-refractivity contribution in [3.63, 3.8) is 0 Å². The van der Waals surface area contributed by atoms with Crippen LogP contribution in [0.2, 0.25) is 0 Å². The van der Waals surface area contributed by atoms with Gasteiger partial charge >= 0.3 is 5.97 Å². The molecule has 1 amide bonds. The van der Waals surface area contributed by atoms with Crippen LogP contribution in [0.1, 0.15) is 15.9 Å². The molecule has 2 rings (SSSR count). The number of aliphatic hydroxyl groups excluding tert-OH is 2. The van der Waals surface area contributed by atoms with Crippen LogP contribution in [0.4, 0.5) is 0 Å². The Bertz CT molecular complexity index is 531. The molecule has 0 unspecified atom stereocenters. The van der Waals surface area contributed by atoms with Gasteiger partial charge in [-0.3, -0.25) is 14.5 Å². The highest BCUT2D eigenvalue weighted by Crippen LogP contribution is 2.11. The van der Waals surface area contributed by atoms with Gasteiger partial charge in [-0.05, 0) is 17.7 Å². The standard InChI is InChI=1S/C15H20N2O5/c18-10-11-1-3-12(4-2-11)15(22)17-6-5-16(9-14(20)21)7-13(19)8-17/h1-4,13,18-19H,5-10H2,(H,20,21)/t13-/m1/s1. The Labute approximate surface area is 128 Å². The van der Waals surface area contributed by atoms with E-state index in [0.717, 1.165) is 5.56 Å². The Morgan fingerprint density at radius 2 is 1.82 bits per heavy atom. The lowest BCUT2D eigenvalue weighted by Crippen LogP contribution is -2.37. The van der Waals surface area contributed by atoms with Crippen LogP contribution in [-0.2, 0) is 11.4 Å². The summed E-state index contributed by atoms with van der Waals surface area (Å²) in [5, 5.41) is 27.8. The summed E-state index contributed by atoms with van der Waals surface area (Å²) in [5.74, 6) is -1.16. The molecule has 1 atom stereocenters. The van der Waals surface area contributed by atoms with Gasteiger partial charge in [0.15, 0.2) is 0 Å². The third-order valence-corrected chi connectivity index (χ3v) is 3.62. The molecule has 1 fully saturated rings. The lowest BCUT2D eigenvalue weighted by Gasteiger charge is -2.21. The molecule has 120 valence electrons. The van der Waals surface area contributed by atoms with Gasteiger partial charge in [0.1, 0.15) is 0 Å². The molecule has 1 saturated heterocycles. The van der Waals surface area contributed by atoms with Gasteiger partial charge in [-0.25, -0.2) is 0 Å². The summed E-state index contributed by atoms with van der Waals surface area (Å²) in [6.45, 7) is 0.955. The summed E-state index contributed by atoms with van der Waals surface area (Å²) < 4.78 is 0. The zero-order valence-electron chi connectivity index (χ0n) is 12.2. The summed E-state index contributed by atoms with van der Waals surface area (Å²) in [5.41, 5.74) is 1.20. The maximum absolute atomic E-state index is 12.4. The molecule has 1 aromatic carbocycles. The van der Waals surface area contributed by atoms with E-state index in [-0.39, 0.29) is 32.1 Å².